The van der Waals surface area contributed by atoms with Crippen LogP contribution >= 0.6 is 11.6 Å². The number of carbonyl (C=O) groups is 1. The van der Waals surface area contributed by atoms with Gasteiger partial charge in [-0.25, -0.2) is 0 Å². The second-order valence-electron chi connectivity index (χ2n) is 3.54. The average Bonchev–Trinajstić information content (AvgIpc) is 2.37. The molecule has 18 heavy (non-hydrogen) atoms. The second-order valence-corrected chi connectivity index (χ2v) is 3.98. The van der Waals surface area contributed by atoms with Crippen molar-refractivity contribution in [1.29, 1.82) is 0 Å². The fourth-order valence-electron chi connectivity index (χ4n) is 1.24. The third-order valence-electron chi connectivity index (χ3n) is 2.35. The van der Waals surface area contributed by atoms with Gasteiger partial charge in [0.05, 0.1) is 5.69 Å². The quantitative estimate of drug-likeness (QED) is 0.334. The highest BCUT2D eigenvalue weighted by atomic mass is 35.5. The molecule has 0 aromatic heterocycles. The van der Waals surface area contributed by atoms with Crippen LogP contribution in [0.25, 0.3) is 0 Å². The lowest BCUT2D eigenvalue weighted by Crippen LogP contribution is -2.28. The summed E-state index contributed by atoms with van der Waals surface area (Å²) >= 11 is 5.84. The van der Waals surface area contributed by atoms with Crippen LogP contribution in [0.4, 0.5) is 5.69 Å². The van der Waals surface area contributed by atoms with E-state index >= 15 is 0 Å². The van der Waals surface area contributed by atoms with E-state index in [1.807, 2.05) is 0 Å². The van der Waals surface area contributed by atoms with Crippen molar-refractivity contribution in [2.24, 2.45) is 10.9 Å². The van der Waals surface area contributed by atoms with E-state index in [9.17, 15) is 4.79 Å². The SMILES string of the molecule is COC(C)C(=O)Nc1cc(Cl)ccc1/C(N)=N/O. The Kier molecular flexibility index (Phi) is 4.94. The van der Waals surface area contributed by atoms with Crippen LogP contribution in [0, 0.1) is 0 Å². The molecule has 0 saturated heterocycles. The van der Waals surface area contributed by atoms with Gasteiger partial charge in [-0.15, -0.1) is 0 Å². The third kappa shape index (κ3) is 3.35. The Balaban J connectivity index is 3.07. The average molecular weight is 272 g/mol. The topological polar surface area (TPSA) is 96.9 Å². The first-order valence-corrected chi connectivity index (χ1v) is 5.48. The van der Waals surface area contributed by atoms with Crippen LogP contribution < -0.4 is 11.1 Å². The number of rotatable bonds is 4. The zero-order chi connectivity index (χ0) is 13.7. The molecule has 1 aromatic carbocycles. The molecule has 4 N–H and O–H groups in total. The number of amidine groups is 1. The molecule has 1 amide bonds. The van der Waals surface area contributed by atoms with Crippen molar-refractivity contribution in [2.75, 3.05) is 12.4 Å². The molecule has 1 atom stereocenters. The molecule has 0 saturated carbocycles. The van der Waals surface area contributed by atoms with Gasteiger partial charge >= 0.3 is 0 Å². The zero-order valence-corrected chi connectivity index (χ0v) is 10.7. The Morgan fingerprint density at radius 1 is 1.61 bits per heavy atom. The first-order chi connectivity index (χ1) is 8.49. The summed E-state index contributed by atoms with van der Waals surface area (Å²) in [4.78, 5) is 11.7. The van der Waals surface area contributed by atoms with Crippen LogP contribution in [-0.2, 0) is 9.53 Å². The summed E-state index contributed by atoms with van der Waals surface area (Å²) in [5.74, 6) is -0.473. The van der Waals surface area contributed by atoms with E-state index in [2.05, 4.69) is 10.5 Å². The maximum absolute atomic E-state index is 11.7. The molecule has 1 aromatic rings. The molecule has 0 heterocycles. The lowest BCUT2D eigenvalue weighted by atomic mass is 10.1. The fourth-order valence-corrected chi connectivity index (χ4v) is 1.41. The maximum Gasteiger partial charge on any atom is 0.253 e. The highest BCUT2D eigenvalue weighted by Gasteiger charge is 2.15. The number of nitrogens with two attached hydrogens (primary N) is 1. The first kappa shape index (κ1) is 14.3. The lowest BCUT2D eigenvalue weighted by molar-refractivity contribution is -0.124. The summed E-state index contributed by atoms with van der Waals surface area (Å²) in [5, 5.41) is 14.6. The van der Waals surface area contributed by atoms with Crippen LogP contribution in [0.3, 0.4) is 0 Å². The molecule has 0 aliphatic rings. The van der Waals surface area contributed by atoms with Crippen LogP contribution in [0.2, 0.25) is 5.02 Å². The van der Waals surface area contributed by atoms with Gasteiger partial charge in [0, 0.05) is 17.7 Å². The molecular formula is C11H14ClN3O3. The maximum atomic E-state index is 11.7. The van der Waals surface area contributed by atoms with Gasteiger partial charge in [0.15, 0.2) is 5.84 Å². The number of amides is 1. The number of anilines is 1. The predicted molar refractivity (Wildman–Crippen MR) is 69.1 cm³/mol. The number of carbonyl (C=O) groups excluding carboxylic acids is 1. The summed E-state index contributed by atoms with van der Waals surface area (Å²) < 4.78 is 4.89. The van der Waals surface area contributed by atoms with E-state index in [4.69, 9.17) is 27.3 Å². The van der Waals surface area contributed by atoms with Crippen molar-refractivity contribution >= 4 is 29.0 Å². The normalized spacial score (nSPS) is 13.2. The predicted octanol–water partition coefficient (Wildman–Crippen LogP) is 1.41. The number of nitrogens with zero attached hydrogens (tertiary/aromatic N) is 1. The smallest absolute Gasteiger partial charge is 0.253 e. The molecule has 0 aliphatic heterocycles. The summed E-state index contributed by atoms with van der Waals surface area (Å²) in [6, 6.07) is 4.63. The Hall–Kier alpha value is -1.79. The number of hydrogen-bond acceptors (Lipinski definition) is 4. The molecule has 0 bridgehead atoms. The summed E-state index contributed by atoms with van der Waals surface area (Å²) in [6.45, 7) is 1.60. The molecule has 6 nitrogen and oxygen atoms in total. The van der Waals surface area contributed by atoms with Crippen LogP contribution in [-0.4, -0.2) is 30.2 Å². The van der Waals surface area contributed by atoms with Crippen molar-refractivity contribution in [1.82, 2.24) is 0 Å². The van der Waals surface area contributed by atoms with E-state index in [0.717, 1.165) is 0 Å². The van der Waals surface area contributed by atoms with Gasteiger partial charge in [-0.2, -0.15) is 0 Å². The van der Waals surface area contributed by atoms with E-state index in [1.165, 1.54) is 13.2 Å². The highest BCUT2D eigenvalue weighted by Crippen LogP contribution is 2.21. The molecule has 0 aliphatic carbocycles. The Labute approximate surface area is 109 Å². The Morgan fingerprint density at radius 2 is 2.28 bits per heavy atom. The fraction of sp³-hybridized carbons (Fsp3) is 0.273. The zero-order valence-electron chi connectivity index (χ0n) is 9.98. The molecule has 0 fully saturated rings. The van der Waals surface area contributed by atoms with E-state index in [0.29, 0.717) is 16.3 Å². The van der Waals surface area contributed by atoms with Gasteiger partial charge in [-0.05, 0) is 25.1 Å². The van der Waals surface area contributed by atoms with Crippen molar-refractivity contribution in [3.63, 3.8) is 0 Å². The monoisotopic (exact) mass is 271 g/mol. The summed E-state index contributed by atoms with van der Waals surface area (Å²) in [6.07, 6.45) is -0.621. The number of methoxy groups -OCH3 is 1. The lowest BCUT2D eigenvalue weighted by Gasteiger charge is -2.13. The standard InChI is InChI=1S/C11H14ClN3O3/c1-6(18-2)11(16)14-9-5-7(12)3-4-8(9)10(13)15-17/h3-6,17H,1-2H3,(H2,13,15)(H,14,16). The van der Waals surface area contributed by atoms with Gasteiger partial charge in [0.1, 0.15) is 6.10 Å². The minimum atomic E-state index is -0.621. The molecule has 0 radical (unpaired) electrons. The largest absolute Gasteiger partial charge is 0.409 e. The Morgan fingerprint density at radius 3 is 2.83 bits per heavy atom. The van der Waals surface area contributed by atoms with Crippen LogP contribution in [0.5, 0.6) is 0 Å². The number of hydrogen-bond donors (Lipinski definition) is 3. The van der Waals surface area contributed by atoms with Crippen LogP contribution in [0.1, 0.15) is 12.5 Å². The Bertz CT molecular complexity index is 477. The first-order valence-electron chi connectivity index (χ1n) is 5.10. The van der Waals surface area contributed by atoms with Gasteiger partial charge in [-0.3, -0.25) is 4.79 Å². The molecule has 1 unspecified atom stereocenters. The van der Waals surface area contributed by atoms with Crippen molar-refractivity contribution < 1.29 is 14.7 Å². The van der Waals surface area contributed by atoms with E-state index < -0.39 is 6.10 Å². The molecule has 98 valence electrons. The number of oxime groups is 1. The van der Waals surface area contributed by atoms with Gasteiger partial charge in [0.25, 0.3) is 5.91 Å². The van der Waals surface area contributed by atoms with Crippen LogP contribution in [0.15, 0.2) is 23.4 Å². The number of benzene rings is 1. The molecule has 0 spiro atoms. The van der Waals surface area contributed by atoms with Crippen molar-refractivity contribution in [2.45, 2.75) is 13.0 Å². The third-order valence-corrected chi connectivity index (χ3v) is 2.58. The second kappa shape index (κ2) is 6.23. The van der Waals surface area contributed by atoms with Gasteiger partial charge in [0.2, 0.25) is 0 Å². The minimum absolute atomic E-state index is 0.118. The summed E-state index contributed by atoms with van der Waals surface area (Å²) in [7, 11) is 1.42. The number of ether oxygens (including phenoxy) is 1. The minimum Gasteiger partial charge on any atom is -0.409 e. The molecular weight excluding hydrogens is 258 g/mol. The van der Waals surface area contributed by atoms with Crippen molar-refractivity contribution in [3.8, 4) is 0 Å². The van der Waals surface area contributed by atoms with Crippen molar-refractivity contribution in [3.05, 3.63) is 28.8 Å². The highest BCUT2D eigenvalue weighted by molar-refractivity contribution is 6.31. The van der Waals surface area contributed by atoms with E-state index in [1.54, 1.807) is 19.1 Å². The van der Waals surface area contributed by atoms with Gasteiger partial charge < -0.3 is 21.0 Å². The number of nitrogens with one attached hydrogen (secondary N) is 1. The summed E-state index contributed by atoms with van der Waals surface area (Å²) in [5.41, 5.74) is 6.23. The molecule has 7 heteroatoms. The molecule has 1 rings (SSSR count). The number of halogens is 1. The van der Waals surface area contributed by atoms with E-state index in [-0.39, 0.29) is 11.7 Å². The van der Waals surface area contributed by atoms with Gasteiger partial charge in [-0.1, -0.05) is 16.8 Å².